The van der Waals surface area contributed by atoms with E-state index in [-0.39, 0.29) is 11.7 Å². The summed E-state index contributed by atoms with van der Waals surface area (Å²) < 4.78 is 16.1. The Morgan fingerprint density at radius 3 is 2.21 bits per heavy atom. The molecule has 2 saturated heterocycles. The predicted octanol–water partition coefficient (Wildman–Crippen LogP) is 3.16. The Kier molecular flexibility index (Phi) is 11.7. The maximum atomic E-state index is 13.2. The highest BCUT2D eigenvalue weighted by Crippen LogP contribution is 2.23. The SMILES string of the molecule is CC(C)(C)OC(=O)Nc1ccccc1NC(=O)c1ccc(CN(CCCN2CCOCC2)C(=O)NN2CCOCC2)cn1. The van der Waals surface area contributed by atoms with Gasteiger partial charge in [0.15, 0.2) is 0 Å². The molecule has 0 saturated carbocycles. The van der Waals surface area contributed by atoms with Gasteiger partial charge in [0, 0.05) is 52.0 Å². The number of para-hydroxylation sites is 2. The number of ether oxygens (including phenoxy) is 3. The molecule has 2 fully saturated rings. The van der Waals surface area contributed by atoms with Gasteiger partial charge in [0.1, 0.15) is 11.3 Å². The number of hydrazine groups is 1. The van der Waals surface area contributed by atoms with Crippen molar-refractivity contribution in [2.24, 2.45) is 0 Å². The second-order valence-corrected chi connectivity index (χ2v) is 11.4. The van der Waals surface area contributed by atoms with Crippen LogP contribution in [0.25, 0.3) is 0 Å². The number of hydrogen-bond acceptors (Lipinski definition) is 9. The van der Waals surface area contributed by atoms with E-state index in [1.54, 1.807) is 68.3 Å². The zero-order chi connectivity index (χ0) is 30.7. The van der Waals surface area contributed by atoms with Crippen LogP contribution < -0.4 is 16.1 Å². The highest BCUT2D eigenvalue weighted by atomic mass is 16.6. The van der Waals surface area contributed by atoms with E-state index in [1.165, 1.54) is 0 Å². The van der Waals surface area contributed by atoms with Crippen LogP contribution in [-0.2, 0) is 20.8 Å². The molecule has 1 aromatic carbocycles. The molecule has 234 valence electrons. The summed E-state index contributed by atoms with van der Waals surface area (Å²) in [4.78, 5) is 47.0. The van der Waals surface area contributed by atoms with Crippen LogP contribution in [0.5, 0.6) is 0 Å². The molecule has 0 unspecified atom stereocenters. The first-order chi connectivity index (χ1) is 20.7. The Morgan fingerprint density at radius 1 is 0.930 bits per heavy atom. The van der Waals surface area contributed by atoms with Crippen molar-refractivity contribution in [2.75, 3.05) is 76.3 Å². The zero-order valence-corrected chi connectivity index (χ0v) is 25.3. The van der Waals surface area contributed by atoms with Crippen molar-refractivity contribution in [3.63, 3.8) is 0 Å². The molecule has 13 nitrogen and oxygen atoms in total. The molecule has 1 aromatic heterocycles. The molecule has 0 bridgehead atoms. The van der Waals surface area contributed by atoms with Gasteiger partial charge in [-0.25, -0.2) is 14.6 Å². The maximum Gasteiger partial charge on any atom is 0.412 e. The molecule has 0 aliphatic carbocycles. The summed E-state index contributed by atoms with van der Waals surface area (Å²) in [6, 6.07) is 10.1. The third-order valence-corrected chi connectivity index (χ3v) is 6.80. The minimum atomic E-state index is -0.657. The van der Waals surface area contributed by atoms with Gasteiger partial charge in [0.2, 0.25) is 0 Å². The second-order valence-electron chi connectivity index (χ2n) is 11.4. The molecule has 2 aliphatic heterocycles. The van der Waals surface area contributed by atoms with Crippen molar-refractivity contribution in [3.05, 3.63) is 53.9 Å². The number of aromatic nitrogens is 1. The number of rotatable bonds is 10. The minimum Gasteiger partial charge on any atom is -0.444 e. The largest absolute Gasteiger partial charge is 0.444 e. The highest BCUT2D eigenvalue weighted by molar-refractivity contribution is 6.05. The Hall–Kier alpha value is -3.78. The van der Waals surface area contributed by atoms with Crippen LogP contribution in [0.1, 0.15) is 43.2 Å². The van der Waals surface area contributed by atoms with Gasteiger partial charge in [-0.15, -0.1) is 0 Å². The number of nitrogens with zero attached hydrogens (tertiary/aromatic N) is 4. The predicted molar refractivity (Wildman–Crippen MR) is 162 cm³/mol. The number of nitrogens with one attached hydrogen (secondary N) is 3. The Labute approximate surface area is 252 Å². The average Bonchev–Trinajstić information content (AvgIpc) is 2.98. The molecule has 4 rings (SSSR count). The molecule has 0 atom stereocenters. The van der Waals surface area contributed by atoms with Crippen LogP contribution in [0, 0.1) is 0 Å². The van der Waals surface area contributed by atoms with E-state index in [0.717, 1.165) is 44.8 Å². The minimum absolute atomic E-state index is 0.181. The van der Waals surface area contributed by atoms with Gasteiger partial charge in [0.25, 0.3) is 5.91 Å². The van der Waals surface area contributed by atoms with Gasteiger partial charge in [-0.3, -0.25) is 25.4 Å². The Balaban J connectivity index is 1.36. The average molecular weight is 598 g/mol. The first-order valence-electron chi connectivity index (χ1n) is 14.7. The summed E-state index contributed by atoms with van der Waals surface area (Å²) in [6.07, 6.45) is 1.81. The van der Waals surface area contributed by atoms with Crippen molar-refractivity contribution < 1.29 is 28.6 Å². The Bertz CT molecular complexity index is 1210. The molecule has 0 radical (unpaired) electrons. The van der Waals surface area contributed by atoms with E-state index >= 15 is 0 Å². The summed E-state index contributed by atoms with van der Waals surface area (Å²) in [5.41, 5.74) is 4.16. The van der Waals surface area contributed by atoms with Gasteiger partial charge in [-0.2, -0.15) is 0 Å². The highest BCUT2D eigenvalue weighted by Gasteiger charge is 2.21. The van der Waals surface area contributed by atoms with Gasteiger partial charge in [-0.1, -0.05) is 18.2 Å². The number of morpholine rings is 2. The molecule has 4 amide bonds. The maximum absolute atomic E-state index is 13.2. The number of benzene rings is 1. The fraction of sp³-hybridized carbons (Fsp3) is 0.533. The van der Waals surface area contributed by atoms with Crippen LogP contribution in [0.4, 0.5) is 21.0 Å². The number of carbonyl (C=O) groups excluding carboxylic acids is 3. The van der Waals surface area contributed by atoms with Crippen molar-refractivity contribution in [3.8, 4) is 0 Å². The van der Waals surface area contributed by atoms with E-state index < -0.39 is 17.6 Å². The second kappa shape index (κ2) is 15.6. The first-order valence-corrected chi connectivity index (χ1v) is 14.7. The van der Waals surface area contributed by atoms with E-state index in [4.69, 9.17) is 14.2 Å². The number of hydrogen-bond donors (Lipinski definition) is 3. The van der Waals surface area contributed by atoms with E-state index in [1.807, 2.05) is 5.01 Å². The third-order valence-electron chi connectivity index (χ3n) is 6.80. The van der Waals surface area contributed by atoms with E-state index in [9.17, 15) is 14.4 Å². The van der Waals surface area contributed by atoms with Gasteiger partial charge < -0.3 is 24.4 Å². The van der Waals surface area contributed by atoms with Crippen LogP contribution >= 0.6 is 0 Å². The molecule has 3 heterocycles. The van der Waals surface area contributed by atoms with Crippen molar-refractivity contribution >= 4 is 29.4 Å². The summed E-state index contributed by atoms with van der Waals surface area (Å²) in [5, 5.41) is 7.35. The quantitative estimate of drug-likeness (QED) is 0.377. The summed E-state index contributed by atoms with van der Waals surface area (Å²) in [5.74, 6) is -0.433. The van der Waals surface area contributed by atoms with Gasteiger partial charge >= 0.3 is 12.1 Å². The number of amides is 4. The van der Waals surface area contributed by atoms with E-state index in [2.05, 4.69) is 25.9 Å². The zero-order valence-electron chi connectivity index (χ0n) is 25.3. The normalized spacial score (nSPS) is 16.3. The summed E-state index contributed by atoms with van der Waals surface area (Å²) in [6.45, 7) is 12.8. The third kappa shape index (κ3) is 10.8. The standard InChI is InChI=1S/C30H43N7O6/c1-30(2,3)43-29(40)33-25-8-5-4-7-24(25)32-27(38)26-10-9-23(21-31-26)22-36(12-6-11-35-13-17-41-18-14-35)28(39)34-37-15-19-42-20-16-37/h4-5,7-10,21H,6,11-20,22H2,1-3H3,(H,32,38)(H,33,40)(H,34,39). The summed E-state index contributed by atoms with van der Waals surface area (Å²) >= 11 is 0. The fourth-order valence-corrected chi connectivity index (χ4v) is 4.62. The van der Waals surface area contributed by atoms with Crippen LogP contribution in [0.3, 0.4) is 0 Å². The number of pyridine rings is 1. The van der Waals surface area contributed by atoms with Gasteiger partial charge in [0.05, 0.1) is 37.8 Å². The molecule has 3 N–H and O–H groups in total. The van der Waals surface area contributed by atoms with Crippen molar-refractivity contribution in [2.45, 2.75) is 39.3 Å². The lowest BCUT2D eigenvalue weighted by Gasteiger charge is -2.31. The molecule has 2 aliphatic rings. The monoisotopic (exact) mass is 597 g/mol. The lowest BCUT2D eigenvalue weighted by atomic mass is 10.2. The fourth-order valence-electron chi connectivity index (χ4n) is 4.62. The smallest absolute Gasteiger partial charge is 0.412 e. The van der Waals surface area contributed by atoms with E-state index in [0.29, 0.717) is 50.8 Å². The molecule has 13 heteroatoms. The molecule has 2 aromatic rings. The van der Waals surface area contributed by atoms with Crippen LogP contribution in [0.2, 0.25) is 0 Å². The van der Waals surface area contributed by atoms with Crippen molar-refractivity contribution in [1.29, 1.82) is 0 Å². The lowest BCUT2D eigenvalue weighted by molar-refractivity contribution is 0.0152. The Morgan fingerprint density at radius 2 is 1.58 bits per heavy atom. The molecule has 43 heavy (non-hydrogen) atoms. The molecular weight excluding hydrogens is 554 g/mol. The van der Waals surface area contributed by atoms with Crippen LogP contribution in [-0.4, -0.2) is 109 Å². The first kappa shape index (κ1) is 32.1. The van der Waals surface area contributed by atoms with Gasteiger partial charge in [-0.05, 0) is 51.0 Å². The summed E-state index contributed by atoms with van der Waals surface area (Å²) in [7, 11) is 0. The topological polar surface area (TPSA) is 138 Å². The number of anilines is 2. The molecule has 0 spiro atoms. The molecular formula is C30H43N7O6. The van der Waals surface area contributed by atoms with Crippen molar-refractivity contribution in [1.82, 2.24) is 25.2 Å². The lowest BCUT2D eigenvalue weighted by Crippen LogP contribution is -2.53. The number of urea groups is 1. The van der Waals surface area contributed by atoms with Crippen LogP contribution in [0.15, 0.2) is 42.6 Å². The number of carbonyl (C=O) groups is 3.